The van der Waals surface area contributed by atoms with Gasteiger partial charge in [-0.1, -0.05) is 17.6 Å². The van der Waals surface area contributed by atoms with E-state index in [-0.39, 0.29) is 45.4 Å². The zero-order valence-corrected chi connectivity index (χ0v) is 17.3. The Morgan fingerprint density at radius 2 is 2.06 bits per heavy atom. The molecule has 4 N–H and O–H groups in total. The van der Waals surface area contributed by atoms with Crippen molar-refractivity contribution < 1.29 is 20.8 Å². The fourth-order valence-corrected chi connectivity index (χ4v) is 3.03. The zero-order chi connectivity index (χ0) is 27.4. The molecule has 32 heavy (non-hydrogen) atoms. The van der Waals surface area contributed by atoms with E-state index in [9.17, 15) is 4.79 Å². The maximum atomic E-state index is 15.1. The first-order valence-electron chi connectivity index (χ1n) is 11.7. The number of halogens is 1. The van der Waals surface area contributed by atoms with Crippen molar-refractivity contribution in [3.63, 3.8) is 0 Å². The summed E-state index contributed by atoms with van der Waals surface area (Å²) in [5.41, 5.74) is 11.2. The molecule has 3 aromatic heterocycles. The van der Waals surface area contributed by atoms with Crippen LogP contribution in [0.3, 0.4) is 0 Å². The van der Waals surface area contributed by atoms with Gasteiger partial charge in [-0.3, -0.25) is 4.90 Å². The maximum Gasteiger partial charge on any atom is 0.413 e. The molecule has 3 heterocycles. The van der Waals surface area contributed by atoms with Gasteiger partial charge in [0.05, 0.1) is 25.8 Å². The van der Waals surface area contributed by atoms with Gasteiger partial charge in [-0.15, -0.1) is 0 Å². The molecule has 0 spiro atoms. The van der Waals surface area contributed by atoms with Gasteiger partial charge < -0.3 is 16.2 Å². The first kappa shape index (κ1) is 15.5. The second-order valence-electron chi connectivity index (χ2n) is 6.63. The molecule has 1 aromatic carbocycles. The lowest BCUT2D eigenvalue weighted by Crippen LogP contribution is -2.28. The number of aromatic nitrogens is 5. The number of ether oxygens (including phenoxy) is 1. The van der Waals surface area contributed by atoms with Crippen LogP contribution in [-0.4, -0.2) is 45.0 Å². The number of anilines is 3. The van der Waals surface area contributed by atoms with Gasteiger partial charge in [0.1, 0.15) is 17.2 Å². The predicted molar refractivity (Wildman–Crippen MR) is 118 cm³/mol. The van der Waals surface area contributed by atoms with E-state index in [1.165, 1.54) is 27.3 Å². The standard InChI is InChI=1S/C21H21FN8O2/c1-11-6-7-14(22)12(9-11)10-30-20-13(5-4-8-25-20)15(28-30)19-26-17(23)16(18(24)27-19)29(2)21(31)32-3/h4-9H,10H2,1-3H3,(H4,23,24,26,27)/i6D,7D,9D,10D2. The molecule has 0 bridgehead atoms. The number of hydrogen-bond donors (Lipinski definition) is 2. The minimum absolute atomic E-state index is 0.00971. The summed E-state index contributed by atoms with van der Waals surface area (Å²) in [4.78, 5) is 25.5. The fraction of sp³-hybridized carbons (Fsp3) is 0.190. The third-order valence-corrected chi connectivity index (χ3v) is 4.49. The Kier molecular flexibility index (Phi) is 3.93. The van der Waals surface area contributed by atoms with Gasteiger partial charge in [-0.25, -0.2) is 28.8 Å². The molecular weight excluding hydrogens is 415 g/mol. The van der Waals surface area contributed by atoms with Crippen molar-refractivity contribution in [3.8, 4) is 11.5 Å². The number of methoxy groups -OCH3 is 1. The lowest BCUT2D eigenvalue weighted by Gasteiger charge is -2.18. The molecule has 0 aliphatic rings. The molecule has 164 valence electrons. The van der Waals surface area contributed by atoms with Crippen LogP contribution in [0.15, 0.2) is 36.5 Å². The van der Waals surface area contributed by atoms with Crippen molar-refractivity contribution in [2.24, 2.45) is 0 Å². The van der Waals surface area contributed by atoms with E-state index in [1.807, 2.05) is 0 Å². The second-order valence-corrected chi connectivity index (χ2v) is 6.63. The SMILES string of the molecule is [2H]c1c([2H])c(F)c(C([2H])([2H])n2nc(-c3nc(N)c(N(C)C(=O)OC)c(N)n3)c3cccnc32)c([2H])c1C. The van der Waals surface area contributed by atoms with Crippen LogP contribution in [0.5, 0.6) is 0 Å². The highest BCUT2D eigenvalue weighted by molar-refractivity contribution is 5.96. The normalized spacial score (nSPS) is 13.7. The largest absolute Gasteiger partial charge is 0.452 e. The average molecular weight is 441 g/mol. The molecule has 4 rings (SSSR count). The molecule has 0 radical (unpaired) electrons. The third-order valence-electron chi connectivity index (χ3n) is 4.49. The van der Waals surface area contributed by atoms with E-state index in [0.717, 1.165) is 9.58 Å². The van der Waals surface area contributed by atoms with E-state index < -0.39 is 42.1 Å². The van der Waals surface area contributed by atoms with E-state index in [0.29, 0.717) is 0 Å². The lowest BCUT2D eigenvalue weighted by atomic mass is 10.1. The summed E-state index contributed by atoms with van der Waals surface area (Å²) in [5, 5.41) is 4.52. The Balaban J connectivity index is 1.96. The molecule has 4 aromatic rings. The number of carbonyl (C=O) groups excluding carboxylic acids is 1. The molecule has 0 saturated carbocycles. The summed E-state index contributed by atoms with van der Waals surface area (Å²) >= 11 is 0. The summed E-state index contributed by atoms with van der Waals surface area (Å²) in [5.74, 6) is -1.86. The minimum atomic E-state index is -2.82. The maximum absolute atomic E-state index is 15.1. The topological polar surface area (TPSA) is 138 Å². The highest BCUT2D eigenvalue weighted by Gasteiger charge is 2.23. The third kappa shape index (κ3) is 3.64. The average Bonchev–Trinajstić information content (AvgIpc) is 3.26. The number of fused-ring (bicyclic) bond motifs is 1. The van der Waals surface area contributed by atoms with Crippen LogP contribution >= 0.6 is 0 Å². The Hall–Kier alpha value is -4.28. The van der Waals surface area contributed by atoms with Crippen LogP contribution in [-0.2, 0) is 11.2 Å². The molecule has 11 heteroatoms. The summed E-state index contributed by atoms with van der Waals surface area (Å²) < 4.78 is 62.0. The Morgan fingerprint density at radius 1 is 1.34 bits per heavy atom. The number of carbonyl (C=O) groups is 1. The number of benzene rings is 1. The Bertz CT molecular complexity index is 1530. The Morgan fingerprint density at radius 3 is 2.75 bits per heavy atom. The quantitative estimate of drug-likeness (QED) is 0.493. The van der Waals surface area contributed by atoms with Gasteiger partial charge >= 0.3 is 6.09 Å². The summed E-state index contributed by atoms with van der Waals surface area (Å²) in [6, 6.07) is 1.17. The zero-order valence-electron chi connectivity index (χ0n) is 22.3. The van der Waals surface area contributed by atoms with Gasteiger partial charge in [0.2, 0.25) is 0 Å². The number of rotatable bonds is 4. The van der Waals surface area contributed by atoms with Crippen molar-refractivity contribution in [3.05, 3.63) is 53.4 Å². The van der Waals surface area contributed by atoms with Gasteiger partial charge in [0.25, 0.3) is 0 Å². The van der Waals surface area contributed by atoms with Crippen LogP contribution in [0.25, 0.3) is 22.6 Å². The van der Waals surface area contributed by atoms with E-state index >= 15 is 4.39 Å². The summed E-state index contributed by atoms with van der Waals surface area (Å²) in [6.07, 6.45) is 0.600. The van der Waals surface area contributed by atoms with Crippen molar-refractivity contribution in [2.75, 3.05) is 30.5 Å². The lowest BCUT2D eigenvalue weighted by molar-refractivity contribution is 0.180. The molecule has 0 atom stereocenters. The molecule has 10 nitrogen and oxygen atoms in total. The van der Waals surface area contributed by atoms with Crippen molar-refractivity contribution in [2.45, 2.75) is 13.4 Å². The molecule has 0 aliphatic carbocycles. The molecule has 0 unspecified atom stereocenters. The number of hydrogen-bond acceptors (Lipinski definition) is 8. The molecular formula is C21H21FN8O2. The van der Waals surface area contributed by atoms with E-state index in [2.05, 4.69) is 24.8 Å². The van der Waals surface area contributed by atoms with Crippen molar-refractivity contribution in [1.29, 1.82) is 0 Å². The first-order chi connectivity index (χ1) is 17.3. The second kappa shape index (κ2) is 8.10. The van der Waals surface area contributed by atoms with E-state index in [1.54, 1.807) is 12.1 Å². The van der Waals surface area contributed by atoms with Gasteiger partial charge in [-0.2, -0.15) is 5.10 Å². The first-order valence-corrected chi connectivity index (χ1v) is 9.18. The Labute approximate surface area is 189 Å². The van der Waals surface area contributed by atoms with Gasteiger partial charge in [0, 0.05) is 18.8 Å². The highest BCUT2D eigenvalue weighted by atomic mass is 19.1. The van der Waals surface area contributed by atoms with Crippen LogP contribution in [0.4, 0.5) is 26.5 Å². The number of amides is 1. The van der Waals surface area contributed by atoms with Crippen LogP contribution < -0.4 is 16.4 Å². The minimum Gasteiger partial charge on any atom is -0.452 e. The highest BCUT2D eigenvalue weighted by Crippen LogP contribution is 2.32. The van der Waals surface area contributed by atoms with Crippen LogP contribution in [0, 0.1) is 12.7 Å². The van der Waals surface area contributed by atoms with Crippen LogP contribution in [0.1, 0.15) is 18.0 Å². The monoisotopic (exact) mass is 441 g/mol. The van der Waals surface area contributed by atoms with E-state index in [4.69, 9.17) is 18.3 Å². The number of nitrogens with zero attached hydrogens (tertiary/aromatic N) is 6. The number of pyridine rings is 1. The summed E-state index contributed by atoms with van der Waals surface area (Å²) in [7, 11) is 2.53. The van der Waals surface area contributed by atoms with Gasteiger partial charge in [-0.05, 0) is 25.1 Å². The van der Waals surface area contributed by atoms with Crippen molar-refractivity contribution >= 4 is 34.4 Å². The molecule has 0 aliphatic heterocycles. The molecule has 0 saturated heterocycles. The van der Waals surface area contributed by atoms with Gasteiger partial charge in [0.15, 0.2) is 23.1 Å². The molecule has 0 fully saturated rings. The summed E-state index contributed by atoms with van der Waals surface area (Å²) in [6.45, 7) is -1.48. The number of nitrogens with two attached hydrogens (primary N) is 2. The number of nitrogen functional groups attached to an aromatic ring is 2. The molecule has 1 amide bonds. The van der Waals surface area contributed by atoms with Crippen LogP contribution in [0.2, 0.25) is 0 Å². The fourth-order valence-electron chi connectivity index (χ4n) is 3.03. The van der Waals surface area contributed by atoms with Crippen molar-refractivity contribution in [1.82, 2.24) is 24.7 Å². The smallest absolute Gasteiger partial charge is 0.413 e. The predicted octanol–water partition coefficient (Wildman–Crippen LogP) is 2.75.